The number of nitrogens with one attached hydrogen (secondary N) is 1. The van der Waals surface area contributed by atoms with Crippen LogP contribution in [0.4, 0.5) is 5.69 Å². The van der Waals surface area contributed by atoms with Gasteiger partial charge in [-0.1, -0.05) is 17.7 Å². The molecule has 0 spiro atoms. The van der Waals surface area contributed by atoms with E-state index in [0.717, 1.165) is 34.3 Å². The quantitative estimate of drug-likeness (QED) is 0.811. The monoisotopic (exact) mass is 275 g/mol. The summed E-state index contributed by atoms with van der Waals surface area (Å²) in [7, 11) is 0. The molecule has 5 rings (SSSR count). The largest absolute Gasteiger partial charge is 0.382 e. The van der Waals surface area contributed by atoms with Crippen LogP contribution in [-0.4, -0.2) is 6.04 Å². The molecule has 4 aliphatic carbocycles. The molecule has 4 fully saturated rings. The molecule has 4 aliphatic rings. The summed E-state index contributed by atoms with van der Waals surface area (Å²) in [4.78, 5) is 0. The number of benzene rings is 1. The van der Waals surface area contributed by atoms with E-state index in [9.17, 15) is 0 Å². The first-order chi connectivity index (χ1) is 9.19. The second-order valence-corrected chi connectivity index (χ2v) is 7.47. The first-order valence-corrected chi connectivity index (χ1v) is 8.09. The van der Waals surface area contributed by atoms with Crippen LogP contribution in [0.3, 0.4) is 0 Å². The minimum Gasteiger partial charge on any atom is -0.382 e. The van der Waals surface area contributed by atoms with Crippen LogP contribution < -0.4 is 5.32 Å². The van der Waals surface area contributed by atoms with Crippen molar-refractivity contribution >= 4 is 17.3 Å². The van der Waals surface area contributed by atoms with Crippen molar-refractivity contribution in [1.29, 1.82) is 0 Å². The summed E-state index contributed by atoms with van der Waals surface area (Å²) in [5, 5.41) is 4.69. The minimum atomic E-state index is 0.701. The molecule has 1 aromatic carbocycles. The van der Waals surface area contributed by atoms with E-state index in [4.69, 9.17) is 11.6 Å². The van der Waals surface area contributed by atoms with E-state index in [1.54, 1.807) is 0 Å². The molecule has 102 valence electrons. The Balaban J connectivity index is 1.55. The van der Waals surface area contributed by atoms with Crippen LogP contribution in [0.5, 0.6) is 0 Å². The molecule has 2 heteroatoms. The van der Waals surface area contributed by atoms with Crippen molar-refractivity contribution in [3.63, 3.8) is 0 Å². The van der Waals surface area contributed by atoms with Gasteiger partial charge < -0.3 is 5.32 Å². The third-order valence-corrected chi connectivity index (χ3v) is 6.14. The lowest BCUT2D eigenvalue weighted by atomic mass is 9.54. The van der Waals surface area contributed by atoms with Gasteiger partial charge in [-0.15, -0.1) is 0 Å². The van der Waals surface area contributed by atoms with Gasteiger partial charge in [0.25, 0.3) is 0 Å². The highest BCUT2D eigenvalue weighted by Gasteiger charge is 2.48. The van der Waals surface area contributed by atoms with Gasteiger partial charge in [-0.05, 0) is 80.4 Å². The molecule has 1 N–H and O–H groups in total. The highest BCUT2D eigenvalue weighted by molar-refractivity contribution is 6.31. The second kappa shape index (κ2) is 4.41. The smallest absolute Gasteiger partial charge is 0.0455 e. The van der Waals surface area contributed by atoms with E-state index in [-0.39, 0.29) is 0 Å². The normalized spacial score (nSPS) is 39.6. The molecule has 1 aromatic rings. The maximum Gasteiger partial charge on any atom is 0.0455 e. The van der Waals surface area contributed by atoms with E-state index < -0.39 is 0 Å². The highest BCUT2D eigenvalue weighted by Crippen LogP contribution is 2.54. The zero-order valence-electron chi connectivity index (χ0n) is 11.5. The Labute approximate surface area is 120 Å². The molecule has 0 radical (unpaired) electrons. The molecule has 0 amide bonds. The Hall–Kier alpha value is -0.690. The van der Waals surface area contributed by atoms with Gasteiger partial charge in [0.15, 0.2) is 0 Å². The fourth-order valence-electron chi connectivity index (χ4n) is 5.04. The Morgan fingerprint density at radius 1 is 1.00 bits per heavy atom. The molecule has 0 aliphatic heterocycles. The Morgan fingerprint density at radius 2 is 1.63 bits per heavy atom. The Kier molecular flexibility index (Phi) is 2.80. The van der Waals surface area contributed by atoms with Gasteiger partial charge in [-0.25, -0.2) is 0 Å². The maximum absolute atomic E-state index is 6.24. The summed E-state index contributed by atoms with van der Waals surface area (Å²) in [6.07, 6.45) is 7.37. The minimum absolute atomic E-state index is 0.701. The average molecular weight is 276 g/mol. The number of aryl methyl sites for hydroxylation is 1. The van der Waals surface area contributed by atoms with Crippen LogP contribution in [0.25, 0.3) is 0 Å². The first kappa shape index (κ1) is 12.1. The van der Waals surface area contributed by atoms with Crippen LogP contribution in [0, 0.1) is 30.6 Å². The second-order valence-electron chi connectivity index (χ2n) is 7.06. The van der Waals surface area contributed by atoms with E-state index >= 15 is 0 Å². The summed E-state index contributed by atoms with van der Waals surface area (Å²) in [6.45, 7) is 2.06. The number of halogens is 1. The summed E-state index contributed by atoms with van der Waals surface area (Å²) < 4.78 is 0. The number of rotatable bonds is 2. The van der Waals surface area contributed by atoms with Gasteiger partial charge in [0.05, 0.1) is 0 Å². The van der Waals surface area contributed by atoms with Crippen molar-refractivity contribution < 1.29 is 0 Å². The molecule has 0 unspecified atom stereocenters. The zero-order chi connectivity index (χ0) is 13.0. The van der Waals surface area contributed by atoms with Crippen molar-refractivity contribution in [2.24, 2.45) is 23.7 Å². The van der Waals surface area contributed by atoms with E-state index in [1.807, 2.05) is 0 Å². The predicted octanol–water partition coefficient (Wildman–Crippen LogP) is 4.89. The average Bonchev–Trinajstić information content (AvgIpc) is 2.37. The highest BCUT2D eigenvalue weighted by atomic mass is 35.5. The first-order valence-electron chi connectivity index (χ1n) is 7.71. The molecule has 0 atom stereocenters. The van der Waals surface area contributed by atoms with Crippen LogP contribution >= 0.6 is 11.6 Å². The molecule has 0 saturated heterocycles. The fourth-order valence-corrected chi connectivity index (χ4v) is 5.22. The molecule has 0 aromatic heterocycles. The van der Waals surface area contributed by atoms with Crippen molar-refractivity contribution in [2.45, 2.75) is 45.1 Å². The Bertz CT molecular complexity index is 468. The molecular formula is C17H22ClN. The molecule has 4 saturated carbocycles. The summed E-state index contributed by atoms with van der Waals surface area (Å²) in [5.41, 5.74) is 2.38. The lowest BCUT2D eigenvalue weighted by Gasteiger charge is -2.54. The number of anilines is 1. The predicted molar refractivity (Wildman–Crippen MR) is 80.6 cm³/mol. The fraction of sp³-hybridized carbons (Fsp3) is 0.647. The van der Waals surface area contributed by atoms with E-state index in [1.165, 1.54) is 37.8 Å². The van der Waals surface area contributed by atoms with Crippen LogP contribution in [0.1, 0.15) is 37.7 Å². The maximum atomic E-state index is 6.24. The summed E-state index contributed by atoms with van der Waals surface area (Å²) >= 11 is 6.24. The van der Waals surface area contributed by atoms with Gasteiger partial charge in [-0.3, -0.25) is 0 Å². The molecular weight excluding hydrogens is 254 g/mol. The van der Waals surface area contributed by atoms with Gasteiger partial charge in [-0.2, -0.15) is 0 Å². The lowest BCUT2D eigenvalue weighted by molar-refractivity contribution is 0.00754. The SMILES string of the molecule is Cc1ccc(NC2C3CC4CC(C3)CC2C4)cc1Cl. The lowest BCUT2D eigenvalue weighted by Crippen LogP contribution is -2.51. The van der Waals surface area contributed by atoms with E-state index in [0.29, 0.717) is 6.04 Å². The van der Waals surface area contributed by atoms with Gasteiger partial charge in [0, 0.05) is 16.8 Å². The van der Waals surface area contributed by atoms with Crippen molar-refractivity contribution in [3.8, 4) is 0 Å². The standard InChI is InChI=1S/C17H22ClN/c1-10-2-3-15(9-16(10)18)19-17-13-5-11-4-12(7-13)8-14(17)6-11/h2-3,9,11-14,17,19H,4-8H2,1H3. The van der Waals surface area contributed by atoms with Gasteiger partial charge in [0.2, 0.25) is 0 Å². The molecule has 1 nitrogen and oxygen atoms in total. The Morgan fingerprint density at radius 3 is 2.21 bits per heavy atom. The third-order valence-electron chi connectivity index (χ3n) is 5.73. The van der Waals surface area contributed by atoms with E-state index in [2.05, 4.69) is 30.4 Å². The van der Waals surface area contributed by atoms with Crippen molar-refractivity contribution in [3.05, 3.63) is 28.8 Å². The summed E-state index contributed by atoms with van der Waals surface area (Å²) in [5.74, 6) is 3.91. The molecule has 0 heterocycles. The van der Waals surface area contributed by atoms with Crippen LogP contribution in [0.2, 0.25) is 5.02 Å². The topological polar surface area (TPSA) is 12.0 Å². The van der Waals surface area contributed by atoms with Crippen molar-refractivity contribution in [2.75, 3.05) is 5.32 Å². The van der Waals surface area contributed by atoms with Gasteiger partial charge in [0.1, 0.15) is 0 Å². The zero-order valence-corrected chi connectivity index (χ0v) is 12.3. The number of hydrogen-bond acceptors (Lipinski definition) is 1. The van der Waals surface area contributed by atoms with Crippen LogP contribution in [0.15, 0.2) is 18.2 Å². The van der Waals surface area contributed by atoms with Crippen molar-refractivity contribution in [1.82, 2.24) is 0 Å². The number of hydrogen-bond donors (Lipinski definition) is 1. The summed E-state index contributed by atoms with van der Waals surface area (Å²) in [6, 6.07) is 7.11. The van der Waals surface area contributed by atoms with Crippen LogP contribution in [-0.2, 0) is 0 Å². The third kappa shape index (κ3) is 2.07. The molecule has 19 heavy (non-hydrogen) atoms. The van der Waals surface area contributed by atoms with Gasteiger partial charge >= 0.3 is 0 Å². The molecule has 4 bridgehead atoms.